The Morgan fingerprint density at radius 3 is 2.76 bits per heavy atom. The zero-order valence-electron chi connectivity index (χ0n) is 10.3. The van der Waals surface area contributed by atoms with E-state index in [0.717, 1.165) is 23.7 Å². The number of hydrogen-bond acceptors (Lipinski definition) is 5. The first-order valence-corrected chi connectivity index (χ1v) is 7.35. The van der Waals surface area contributed by atoms with Gasteiger partial charge in [-0.15, -0.1) is 11.8 Å². The fourth-order valence-corrected chi connectivity index (χ4v) is 2.78. The van der Waals surface area contributed by atoms with Crippen LogP contribution in [0.4, 0.5) is 5.82 Å². The van der Waals surface area contributed by atoms with Gasteiger partial charge in [0.25, 0.3) is 0 Å². The van der Waals surface area contributed by atoms with Crippen molar-refractivity contribution in [1.29, 1.82) is 0 Å². The molecule has 1 aliphatic rings. The minimum atomic E-state index is 0.0439. The molecule has 0 bridgehead atoms. The summed E-state index contributed by atoms with van der Waals surface area (Å²) in [7, 11) is 0. The molecule has 0 aromatic carbocycles. The number of thioether (sulfide) groups is 1. The summed E-state index contributed by atoms with van der Waals surface area (Å²) in [6.07, 6.45) is 9.75. The van der Waals surface area contributed by atoms with E-state index in [2.05, 4.69) is 15.3 Å². The van der Waals surface area contributed by atoms with E-state index < -0.39 is 0 Å². The molecule has 0 unspecified atom stereocenters. The predicted octanol–water partition coefficient (Wildman–Crippen LogP) is 2.27. The smallest absolute Gasteiger partial charge is 0.130 e. The van der Waals surface area contributed by atoms with E-state index in [1.165, 1.54) is 19.3 Å². The van der Waals surface area contributed by atoms with Crippen molar-refractivity contribution in [2.24, 2.45) is 5.73 Å². The minimum absolute atomic E-state index is 0.0439. The van der Waals surface area contributed by atoms with Crippen LogP contribution in [0.1, 0.15) is 32.1 Å². The molecule has 2 rings (SSSR count). The molecule has 1 aromatic heterocycles. The van der Waals surface area contributed by atoms with Gasteiger partial charge < -0.3 is 11.1 Å². The van der Waals surface area contributed by atoms with Gasteiger partial charge in [-0.3, -0.25) is 0 Å². The van der Waals surface area contributed by atoms with Gasteiger partial charge in [0.2, 0.25) is 0 Å². The Hall–Kier alpha value is -0.810. The highest BCUT2D eigenvalue weighted by Gasteiger charge is 2.30. The lowest BCUT2D eigenvalue weighted by Crippen LogP contribution is -2.47. The highest BCUT2D eigenvalue weighted by Crippen LogP contribution is 2.30. The molecule has 0 saturated heterocycles. The highest BCUT2D eigenvalue weighted by atomic mass is 32.2. The van der Waals surface area contributed by atoms with Gasteiger partial charge in [-0.25, -0.2) is 9.97 Å². The Balaban J connectivity index is 2.11. The molecule has 94 valence electrons. The summed E-state index contributed by atoms with van der Waals surface area (Å²) < 4.78 is 0. The zero-order chi connectivity index (χ0) is 12.1. The van der Waals surface area contributed by atoms with Crippen LogP contribution in [0.5, 0.6) is 0 Å². The average molecular weight is 252 g/mol. The van der Waals surface area contributed by atoms with Crippen molar-refractivity contribution < 1.29 is 0 Å². The van der Waals surface area contributed by atoms with Crippen LogP contribution in [0.25, 0.3) is 0 Å². The number of hydrogen-bond donors (Lipinski definition) is 2. The Bertz CT molecular complexity index is 363. The number of nitrogens with two attached hydrogens (primary N) is 1. The van der Waals surface area contributed by atoms with Crippen molar-refractivity contribution in [3.05, 3.63) is 12.4 Å². The summed E-state index contributed by atoms with van der Waals surface area (Å²) in [5, 5.41) is 4.52. The maximum absolute atomic E-state index is 5.95. The monoisotopic (exact) mass is 252 g/mol. The Morgan fingerprint density at radius 1 is 1.35 bits per heavy atom. The van der Waals surface area contributed by atoms with Crippen LogP contribution in [0.3, 0.4) is 0 Å². The van der Waals surface area contributed by atoms with Crippen molar-refractivity contribution in [2.75, 3.05) is 18.1 Å². The lowest BCUT2D eigenvalue weighted by Gasteiger charge is -2.37. The molecule has 17 heavy (non-hydrogen) atoms. The van der Waals surface area contributed by atoms with Gasteiger partial charge in [-0.1, -0.05) is 19.3 Å². The third kappa shape index (κ3) is 3.10. The van der Waals surface area contributed by atoms with Gasteiger partial charge in [0.1, 0.15) is 17.2 Å². The van der Waals surface area contributed by atoms with Crippen molar-refractivity contribution in [3.8, 4) is 0 Å². The van der Waals surface area contributed by atoms with Crippen LogP contribution < -0.4 is 11.1 Å². The number of nitrogens with zero attached hydrogens (tertiary/aromatic N) is 2. The Morgan fingerprint density at radius 2 is 2.12 bits per heavy atom. The van der Waals surface area contributed by atoms with Crippen LogP contribution in [-0.2, 0) is 0 Å². The number of nitrogens with one attached hydrogen (secondary N) is 1. The molecule has 0 spiro atoms. The first kappa shape index (κ1) is 12.6. The van der Waals surface area contributed by atoms with Gasteiger partial charge in [0, 0.05) is 12.6 Å². The Labute approximate surface area is 107 Å². The maximum atomic E-state index is 5.95. The molecule has 1 fully saturated rings. The van der Waals surface area contributed by atoms with E-state index in [1.807, 2.05) is 12.3 Å². The first-order chi connectivity index (χ1) is 8.28. The maximum Gasteiger partial charge on any atom is 0.130 e. The largest absolute Gasteiger partial charge is 0.363 e. The average Bonchev–Trinajstić information content (AvgIpc) is 2.40. The molecular formula is C12H20N4S. The van der Waals surface area contributed by atoms with Gasteiger partial charge in [-0.05, 0) is 19.1 Å². The van der Waals surface area contributed by atoms with E-state index in [1.54, 1.807) is 18.1 Å². The molecule has 1 aliphatic carbocycles. The highest BCUT2D eigenvalue weighted by molar-refractivity contribution is 7.98. The van der Waals surface area contributed by atoms with Crippen molar-refractivity contribution in [1.82, 2.24) is 9.97 Å². The third-order valence-corrected chi connectivity index (χ3v) is 4.09. The molecule has 0 radical (unpaired) electrons. The summed E-state index contributed by atoms with van der Waals surface area (Å²) >= 11 is 1.63. The van der Waals surface area contributed by atoms with Gasteiger partial charge >= 0.3 is 0 Å². The summed E-state index contributed by atoms with van der Waals surface area (Å²) in [6.45, 7) is 0.672. The lowest BCUT2D eigenvalue weighted by atomic mass is 9.82. The van der Waals surface area contributed by atoms with Crippen LogP contribution >= 0.6 is 11.8 Å². The second kappa shape index (κ2) is 5.69. The number of anilines is 1. The molecule has 1 heterocycles. The van der Waals surface area contributed by atoms with Gasteiger partial charge in [0.15, 0.2) is 0 Å². The predicted molar refractivity (Wildman–Crippen MR) is 72.3 cm³/mol. The van der Waals surface area contributed by atoms with Crippen molar-refractivity contribution in [2.45, 2.75) is 42.7 Å². The third-order valence-electron chi connectivity index (χ3n) is 3.45. The van der Waals surface area contributed by atoms with Crippen molar-refractivity contribution in [3.63, 3.8) is 0 Å². The van der Waals surface area contributed by atoms with Gasteiger partial charge in [0.05, 0.1) is 5.54 Å². The Kier molecular flexibility index (Phi) is 4.23. The summed E-state index contributed by atoms with van der Waals surface area (Å²) in [5.74, 6) is 0.900. The van der Waals surface area contributed by atoms with Gasteiger partial charge in [-0.2, -0.15) is 0 Å². The second-order valence-corrected chi connectivity index (χ2v) is 5.44. The molecule has 5 heteroatoms. The van der Waals surface area contributed by atoms with Crippen LogP contribution in [0, 0.1) is 0 Å². The molecule has 4 nitrogen and oxygen atoms in total. The van der Waals surface area contributed by atoms with Crippen molar-refractivity contribution >= 4 is 17.6 Å². The lowest BCUT2D eigenvalue weighted by molar-refractivity contribution is 0.330. The SMILES string of the molecule is CSc1cc(NC2(CN)CCCCC2)ncn1. The molecule has 3 N–H and O–H groups in total. The first-order valence-electron chi connectivity index (χ1n) is 6.12. The van der Waals surface area contributed by atoms with Crippen LogP contribution in [-0.4, -0.2) is 28.3 Å². The zero-order valence-corrected chi connectivity index (χ0v) is 11.1. The molecular weight excluding hydrogens is 232 g/mol. The summed E-state index contributed by atoms with van der Waals surface area (Å²) in [4.78, 5) is 8.46. The molecule has 0 atom stereocenters. The van der Waals surface area contributed by atoms with Crippen LogP contribution in [0.2, 0.25) is 0 Å². The summed E-state index contributed by atoms with van der Waals surface area (Å²) in [5.41, 5.74) is 5.99. The standard InChI is InChI=1S/C12H20N4S/c1-17-11-7-10(14-9-15-11)16-12(8-13)5-3-2-4-6-12/h7,9H,2-6,8,13H2,1H3,(H,14,15,16). The molecule has 1 saturated carbocycles. The van der Waals surface area contributed by atoms with Crippen LogP contribution in [0.15, 0.2) is 17.4 Å². The normalized spacial score (nSPS) is 18.9. The number of aromatic nitrogens is 2. The molecule has 0 amide bonds. The second-order valence-electron chi connectivity index (χ2n) is 4.62. The minimum Gasteiger partial charge on any atom is -0.363 e. The fraction of sp³-hybridized carbons (Fsp3) is 0.667. The van der Waals surface area contributed by atoms with E-state index in [9.17, 15) is 0 Å². The van der Waals surface area contributed by atoms with E-state index in [-0.39, 0.29) is 5.54 Å². The summed E-state index contributed by atoms with van der Waals surface area (Å²) in [6, 6.07) is 2.00. The van der Waals surface area contributed by atoms with E-state index in [0.29, 0.717) is 6.54 Å². The topological polar surface area (TPSA) is 63.8 Å². The fourth-order valence-electron chi connectivity index (χ4n) is 2.40. The molecule has 1 aromatic rings. The van der Waals surface area contributed by atoms with E-state index in [4.69, 9.17) is 5.73 Å². The molecule has 0 aliphatic heterocycles. The number of rotatable bonds is 4. The quantitative estimate of drug-likeness (QED) is 0.636. The van der Waals surface area contributed by atoms with E-state index >= 15 is 0 Å².